The summed E-state index contributed by atoms with van der Waals surface area (Å²) in [6.07, 6.45) is 7.58. The highest BCUT2D eigenvalue weighted by Crippen LogP contribution is 2.33. The maximum atomic E-state index is 10.9. The van der Waals surface area contributed by atoms with E-state index in [0.29, 0.717) is 11.1 Å². The molecular weight excluding hydrogens is 324 g/mol. The maximum absolute atomic E-state index is 10.9. The van der Waals surface area contributed by atoms with Crippen LogP contribution in [0.15, 0.2) is 40.6 Å². The number of carboxylic acids is 1. The summed E-state index contributed by atoms with van der Waals surface area (Å²) in [5, 5.41) is 22.5. The van der Waals surface area contributed by atoms with Crippen molar-refractivity contribution in [3.63, 3.8) is 0 Å². The second-order valence-electron chi connectivity index (χ2n) is 5.83. The van der Waals surface area contributed by atoms with Gasteiger partial charge in [0.1, 0.15) is 0 Å². The molecule has 0 aliphatic heterocycles. The molecule has 0 atom stereocenters. The minimum Gasteiger partial charge on any atom is -0.481 e. The quantitative estimate of drug-likeness (QED) is 0.642. The molecule has 1 heterocycles. The van der Waals surface area contributed by atoms with Crippen LogP contribution >= 0.6 is 11.8 Å². The Morgan fingerprint density at radius 1 is 1.25 bits per heavy atom. The van der Waals surface area contributed by atoms with Crippen molar-refractivity contribution < 1.29 is 9.90 Å². The predicted octanol–water partition coefficient (Wildman–Crippen LogP) is 3.38. The molecule has 126 valence electrons. The van der Waals surface area contributed by atoms with E-state index in [9.17, 15) is 4.79 Å². The molecular formula is C17H20N4O2S. The van der Waals surface area contributed by atoms with Crippen LogP contribution in [0.2, 0.25) is 0 Å². The molecule has 0 spiro atoms. The zero-order valence-corrected chi connectivity index (χ0v) is 14.2. The lowest BCUT2D eigenvalue weighted by atomic mass is 9.89. The molecule has 0 radical (unpaired) electrons. The van der Waals surface area contributed by atoms with E-state index in [1.165, 1.54) is 19.3 Å². The fourth-order valence-electron chi connectivity index (χ4n) is 2.88. The van der Waals surface area contributed by atoms with E-state index >= 15 is 0 Å². The average Bonchev–Trinajstić information content (AvgIpc) is 3.02. The molecule has 0 bridgehead atoms. The van der Waals surface area contributed by atoms with Crippen LogP contribution in [0.4, 0.5) is 0 Å². The van der Waals surface area contributed by atoms with Crippen LogP contribution in [0.1, 0.15) is 49.4 Å². The van der Waals surface area contributed by atoms with Gasteiger partial charge in [-0.25, -0.2) is 0 Å². The van der Waals surface area contributed by atoms with Crippen molar-refractivity contribution in [1.82, 2.24) is 14.9 Å². The largest absolute Gasteiger partial charge is 0.481 e. The van der Waals surface area contributed by atoms with Crippen molar-refractivity contribution in [2.24, 2.45) is 5.10 Å². The van der Waals surface area contributed by atoms with E-state index in [4.69, 9.17) is 5.11 Å². The lowest BCUT2D eigenvalue weighted by Crippen LogP contribution is -2.11. The smallest absolute Gasteiger partial charge is 0.313 e. The second-order valence-corrected chi connectivity index (χ2v) is 6.77. The average molecular weight is 344 g/mol. The van der Waals surface area contributed by atoms with Crippen LogP contribution in [-0.4, -0.2) is 37.9 Å². The summed E-state index contributed by atoms with van der Waals surface area (Å²) in [5.41, 5.74) is 0.981. The standard InChI is InChI=1S/C17H20N4O2S/c22-15(23)12-24-17-20-19-16(14-9-5-2-6-10-14)21(17)18-11-13-7-3-1-4-8-13/h1,3-4,7-8,11,14H,2,5-6,9-10,12H2,(H,22,23)/b18-11-. The van der Waals surface area contributed by atoms with Crippen molar-refractivity contribution >= 4 is 23.9 Å². The fraction of sp³-hybridized carbons (Fsp3) is 0.412. The van der Waals surface area contributed by atoms with Crippen LogP contribution in [0.5, 0.6) is 0 Å². The van der Waals surface area contributed by atoms with Crippen LogP contribution in [0.3, 0.4) is 0 Å². The number of thioether (sulfide) groups is 1. The van der Waals surface area contributed by atoms with E-state index in [-0.39, 0.29) is 5.75 Å². The number of rotatable bonds is 6. The third kappa shape index (κ3) is 4.23. The normalized spacial score (nSPS) is 15.8. The van der Waals surface area contributed by atoms with Crippen LogP contribution in [0, 0.1) is 0 Å². The molecule has 0 unspecified atom stereocenters. The van der Waals surface area contributed by atoms with Gasteiger partial charge in [0.2, 0.25) is 5.16 Å². The molecule has 6 nitrogen and oxygen atoms in total. The first-order valence-corrected chi connectivity index (χ1v) is 9.12. The van der Waals surface area contributed by atoms with E-state index in [1.54, 1.807) is 10.9 Å². The number of nitrogens with zero attached hydrogens (tertiary/aromatic N) is 4. The number of hydrogen-bond donors (Lipinski definition) is 1. The molecule has 1 aliphatic carbocycles. The zero-order valence-electron chi connectivity index (χ0n) is 13.3. The molecule has 1 aromatic heterocycles. The molecule has 0 saturated heterocycles. The summed E-state index contributed by atoms with van der Waals surface area (Å²) in [7, 11) is 0. The highest BCUT2D eigenvalue weighted by Gasteiger charge is 2.23. The highest BCUT2D eigenvalue weighted by atomic mass is 32.2. The Balaban J connectivity index is 1.88. The highest BCUT2D eigenvalue weighted by molar-refractivity contribution is 7.99. The molecule has 7 heteroatoms. The van der Waals surface area contributed by atoms with Gasteiger partial charge in [0, 0.05) is 5.92 Å². The lowest BCUT2D eigenvalue weighted by Gasteiger charge is -2.20. The summed E-state index contributed by atoms with van der Waals surface area (Å²) < 4.78 is 1.72. The topological polar surface area (TPSA) is 80.4 Å². The van der Waals surface area contributed by atoms with Crippen molar-refractivity contribution in [3.8, 4) is 0 Å². The van der Waals surface area contributed by atoms with E-state index in [2.05, 4.69) is 15.3 Å². The number of benzene rings is 1. The minimum atomic E-state index is -0.874. The van der Waals surface area contributed by atoms with E-state index in [0.717, 1.165) is 36.0 Å². The molecule has 24 heavy (non-hydrogen) atoms. The van der Waals surface area contributed by atoms with Crippen LogP contribution < -0.4 is 0 Å². The molecule has 1 aliphatic rings. The van der Waals surface area contributed by atoms with E-state index in [1.807, 2.05) is 30.3 Å². The summed E-state index contributed by atoms with van der Waals surface area (Å²) in [4.78, 5) is 10.9. The SMILES string of the molecule is O=C(O)CSc1nnc(C2CCCCC2)n1/N=C\c1ccccc1. The maximum Gasteiger partial charge on any atom is 0.313 e. The molecule has 1 fully saturated rings. The lowest BCUT2D eigenvalue weighted by molar-refractivity contribution is -0.133. The van der Waals surface area contributed by atoms with Gasteiger partial charge in [0.15, 0.2) is 5.82 Å². The van der Waals surface area contributed by atoms with Crippen molar-refractivity contribution in [2.75, 3.05) is 5.75 Å². The first-order chi connectivity index (χ1) is 11.7. The van der Waals surface area contributed by atoms with E-state index < -0.39 is 5.97 Å². The summed E-state index contributed by atoms with van der Waals surface area (Å²) in [6.45, 7) is 0. The Morgan fingerprint density at radius 3 is 2.71 bits per heavy atom. The summed E-state index contributed by atoms with van der Waals surface area (Å²) in [5.74, 6) is 0.262. The van der Waals surface area contributed by atoms with Crippen molar-refractivity contribution in [3.05, 3.63) is 41.7 Å². The van der Waals surface area contributed by atoms with Gasteiger partial charge in [-0.1, -0.05) is 61.4 Å². The monoisotopic (exact) mass is 344 g/mol. The summed E-state index contributed by atoms with van der Waals surface area (Å²) in [6, 6.07) is 9.80. The Bertz CT molecular complexity index is 709. The molecule has 2 aromatic rings. The fourth-order valence-corrected chi connectivity index (χ4v) is 3.49. The van der Waals surface area contributed by atoms with Gasteiger partial charge >= 0.3 is 5.97 Å². The number of aliphatic carboxylic acids is 1. The third-order valence-electron chi connectivity index (χ3n) is 4.05. The molecule has 1 aromatic carbocycles. The molecule has 1 N–H and O–H groups in total. The number of carboxylic acid groups (broad SMARTS) is 1. The second kappa shape index (κ2) is 8.10. The predicted molar refractivity (Wildman–Crippen MR) is 93.6 cm³/mol. The first kappa shape index (κ1) is 16.7. The molecule has 1 saturated carbocycles. The van der Waals surface area contributed by atoms with Gasteiger partial charge < -0.3 is 5.11 Å². The summed E-state index contributed by atoms with van der Waals surface area (Å²) >= 11 is 1.15. The first-order valence-electron chi connectivity index (χ1n) is 8.13. The number of carbonyl (C=O) groups is 1. The molecule has 3 rings (SSSR count). The van der Waals surface area contributed by atoms with Gasteiger partial charge in [-0.05, 0) is 18.4 Å². The van der Waals surface area contributed by atoms with Gasteiger partial charge in [0.25, 0.3) is 0 Å². The van der Waals surface area contributed by atoms with Crippen LogP contribution in [-0.2, 0) is 4.79 Å². The van der Waals surface area contributed by atoms with Gasteiger partial charge in [-0.15, -0.1) is 10.2 Å². The van der Waals surface area contributed by atoms with Gasteiger partial charge in [-0.3, -0.25) is 4.79 Å². The van der Waals surface area contributed by atoms with Crippen molar-refractivity contribution in [1.29, 1.82) is 0 Å². The van der Waals surface area contributed by atoms with Gasteiger partial charge in [0.05, 0.1) is 12.0 Å². The minimum absolute atomic E-state index is 0.0519. The molecule has 0 amide bonds. The number of hydrogen-bond acceptors (Lipinski definition) is 5. The van der Waals surface area contributed by atoms with Crippen molar-refractivity contribution in [2.45, 2.75) is 43.2 Å². The third-order valence-corrected chi connectivity index (χ3v) is 4.96. The zero-order chi connectivity index (χ0) is 16.8. The Labute approximate surface area is 145 Å². The number of aromatic nitrogens is 3. The Morgan fingerprint density at radius 2 is 2.00 bits per heavy atom. The van der Waals surface area contributed by atoms with Gasteiger partial charge in [-0.2, -0.15) is 9.78 Å². The Kier molecular flexibility index (Phi) is 5.63. The Hall–Kier alpha value is -2.15. The van der Waals surface area contributed by atoms with Crippen LogP contribution in [0.25, 0.3) is 0 Å².